The predicted octanol–water partition coefficient (Wildman–Crippen LogP) is 2.40. The highest BCUT2D eigenvalue weighted by molar-refractivity contribution is 7.83. The molecule has 0 bridgehead atoms. The minimum Gasteiger partial charge on any atom is -0.490 e. The van der Waals surface area contributed by atoms with Crippen molar-refractivity contribution in [2.75, 3.05) is 26.4 Å². The summed E-state index contributed by atoms with van der Waals surface area (Å²) >= 11 is 4.50. The van der Waals surface area contributed by atoms with Crippen molar-refractivity contribution in [1.29, 1.82) is 5.26 Å². The summed E-state index contributed by atoms with van der Waals surface area (Å²) in [4.78, 5) is 4.52. The second-order valence-electron chi connectivity index (χ2n) is 5.25. The molecule has 0 spiro atoms. The van der Waals surface area contributed by atoms with Crippen molar-refractivity contribution in [3.8, 4) is 17.6 Å². The number of nitrogens with zero attached hydrogens (tertiary/aromatic N) is 2. The van der Waals surface area contributed by atoms with E-state index in [2.05, 4.69) is 23.7 Å². The van der Waals surface area contributed by atoms with E-state index in [1.807, 2.05) is 26.0 Å². The van der Waals surface area contributed by atoms with Crippen molar-refractivity contribution in [2.45, 2.75) is 31.4 Å². The zero-order valence-electron chi connectivity index (χ0n) is 13.5. The lowest BCUT2D eigenvalue weighted by Gasteiger charge is -2.28. The summed E-state index contributed by atoms with van der Waals surface area (Å²) in [7, 11) is 0. The number of aliphatic hydroxyl groups excluding tert-OH is 1. The maximum Gasteiger partial charge on any atom is 0.161 e. The van der Waals surface area contributed by atoms with Crippen LogP contribution in [0.3, 0.4) is 0 Å². The lowest BCUT2D eigenvalue weighted by molar-refractivity contribution is 0.286. The number of nitriles is 1. The molecule has 1 aromatic carbocycles. The van der Waals surface area contributed by atoms with Crippen molar-refractivity contribution in [2.24, 2.45) is 4.99 Å². The summed E-state index contributed by atoms with van der Waals surface area (Å²) in [6.45, 7) is 5.38. The molecule has 1 heterocycles. The van der Waals surface area contributed by atoms with Crippen LogP contribution >= 0.6 is 12.6 Å². The largest absolute Gasteiger partial charge is 0.490 e. The smallest absolute Gasteiger partial charge is 0.161 e. The molecule has 0 saturated carbocycles. The molecule has 124 valence electrons. The molecule has 0 aliphatic carbocycles. The van der Waals surface area contributed by atoms with Crippen molar-refractivity contribution >= 4 is 18.3 Å². The van der Waals surface area contributed by atoms with Crippen LogP contribution in [0, 0.1) is 11.3 Å². The van der Waals surface area contributed by atoms with Gasteiger partial charge in [0.15, 0.2) is 11.5 Å². The van der Waals surface area contributed by atoms with E-state index in [1.54, 1.807) is 0 Å². The van der Waals surface area contributed by atoms with Gasteiger partial charge in [0.25, 0.3) is 0 Å². The molecule has 1 unspecified atom stereocenters. The van der Waals surface area contributed by atoms with E-state index >= 15 is 0 Å². The van der Waals surface area contributed by atoms with Gasteiger partial charge >= 0.3 is 0 Å². The first-order valence-electron chi connectivity index (χ1n) is 7.81. The minimum absolute atomic E-state index is 0.124. The Hall–Kier alpha value is -1.71. The number of rotatable bonds is 7. The lowest BCUT2D eigenvalue weighted by atomic mass is 9.87. The fourth-order valence-electron chi connectivity index (χ4n) is 2.68. The molecule has 1 aliphatic rings. The van der Waals surface area contributed by atoms with Crippen LogP contribution < -0.4 is 9.47 Å². The van der Waals surface area contributed by atoms with E-state index in [4.69, 9.17) is 9.47 Å². The Labute approximate surface area is 142 Å². The van der Waals surface area contributed by atoms with Crippen molar-refractivity contribution in [3.63, 3.8) is 0 Å². The van der Waals surface area contributed by atoms with E-state index in [-0.39, 0.29) is 13.0 Å². The average Bonchev–Trinajstić information content (AvgIpc) is 2.55. The molecule has 2 rings (SSSR count). The fourth-order valence-corrected chi connectivity index (χ4v) is 2.97. The van der Waals surface area contributed by atoms with Gasteiger partial charge in [-0.25, -0.2) is 0 Å². The lowest BCUT2D eigenvalue weighted by Crippen LogP contribution is -2.35. The summed E-state index contributed by atoms with van der Waals surface area (Å²) in [5.74, 6) is 1.35. The molecule has 1 atom stereocenters. The van der Waals surface area contributed by atoms with Gasteiger partial charge in [0.1, 0.15) is 4.75 Å². The Morgan fingerprint density at radius 1 is 1.30 bits per heavy atom. The van der Waals surface area contributed by atoms with Gasteiger partial charge in [-0.05, 0) is 38.0 Å². The van der Waals surface area contributed by atoms with E-state index in [9.17, 15) is 10.4 Å². The fraction of sp³-hybridized carbons (Fsp3) is 0.529. The standard InChI is InChI=1S/C17H22N2O3S/c1-3-21-14-9-12-5-7-19-16(17(23,11-18)6-8-20)13(12)10-15(14)22-4-2/h9-10,20,23H,3-8H2,1-2H3. The second kappa shape index (κ2) is 7.71. The Morgan fingerprint density at radius 2 is 1.96 bits per heavy atom. The molecule has 1 aliphatic heterocycles. The normalized spacial score (nSPS) is 15.9. The topological polar surface area (TPSA) is 74.8 Å². The van der Waals surface area contributed by atoms with E-state index in [0.29, 0.717) is 37.0 Å². The number of benzene rings is 1. The van der Waals surface area contributed by atoms with Gasteiger partial charge in [0.2, 0.25) is 0 Å². The maximum atomic E-state index is 9.53. The summed E-state index contributed by atoms with van der Waals surface area (Å²) in [6.07, 6.45) is 1.00. The molecular weight excluding hydrogens is 312 g/mol. The van der Waals surface area contributed by atoms with Gasteiger partial charge in [-0.3, -0.25) is 4.99 Å². The Kier molecular flexibility index (Phi) is 5.91. The Morgan fingerprint density at radius 3 is 2.52 bits per heavy atom. The SMILES string of the molecule is CCOc1cc2c(cc1OCC)C(C(S)(C#N)CCO)=NCC2. The molecule has 0 amide bonds. The molecule has 6 heteroatoms. The molecule has 1 aromatic rings. The van der Waals surface area contributed by atoms with E-state index < -0.39 is 4.75 Å². The molecule has 23 heavy (non-hydrogen) atoms. The van der Waals surface area contributed by atoms with E-state index in [1.165, 1.54) is 0 Å². The second-order valence-corrected chi connectivity index (χ2v) is 6.01. The first-order chi connectivity index (χ1) is 11.1. The highest BCUT2D eigenvalue weighted by Gasteiger charge is 2.35. The van der Waals surface area contributed by atoms with Gasteiger partial charge in [-0.2, -0.15) is 17.9 Å². The van der Waals surface area contributed by atoms with Crippen LogP contribution in [0.5, 0.6) is 11.5 Å². The van der Waals surface area contributed by atoms with Crippen LogP contribution in [0.1, 0.15) is 31.4 Å². The monoisotopic (exact) mass is 334 g/mol. The van der Waals surface area contributed by atoms with Gasteiger partial charge in [-0.1, -0.05) is 0 Å². The summed E-state index contributed by atoms with van der Waals surface area (Å²) in [6, 6.07) is 6.02. The third-order valence-electron chi connectivity index (χ3n) is 3.73. The van der Waals surface area contributed by atoms with Gasteiger partial charge in [0.05, 0.1) is 25.0 Å². The first kappa shape index (κ1) is 17.6. The molecule has 0 aromatic heterocycles. The number of hydrogen-bond donors (Lipinski definition) is 2. The number of hydrogen-bond acceptors (Lipinski definition) is 6. The summed E-state index contributed by atoms with van der Waals surface area (Å²) < 4.78 is 10.2. The zero-order valence-corrected chi connectivity index (χ0v) is 14.4. The van der Waals surface area contributed by atoms with E-state index in [0.717, 1.165) is 17.5 Å². The number of ether oxygens (including phenoxy) is 2. The van der Waals surface area contributed by atoms with Crippen molar-refractivity contribution in [1.82, 2.24) is 0 Å². The Balaban J connectivity index is 2.53. The first-order valence-corrected chi connectivity index (χ1v) is 8.26. The summed E-state index contributed by atoms with van der Waals surface area (Å²) in [5, 5.41) is 18.8. The molecule has 5 nitrogen and oxygen atoms in total. The van der Waals surface area contributed by atoms with Crippen LogP contribution in [-0.4, -0.2) is 41.9 Å². The quantitative estimate of drug-likeness (QED) is 0.751. The third kappa shape index (κ3) is 3.62. The molecule has 0 saturated heterocycles. The number of aliphatic imine (C=N–C) groups is 1. The molecule has 0 radical (unpaired) electrons. The maximum absolute atomic E-state index is 9.53. The van der Waals surface area contributed by atoms with Gasteiger partial charge in [0, 0.05) is 25.1 Å². The van der Waals surface area contributed by atoms with Gasteiger partial charge < -0.3 is 14.6 Å². The number of thiol groups is 1. The van der Waals surface area contributed by atoms with Crippen LogP contribution in [-0.2, 0) is 6.42 Å². The van der Waals surface area contributed by atoms with Crippen molar-refractivity contribution in [3.05, 3.63) is 23.3 Å². The molecular formula is C17H22N2O3S. The van der Waals surface area contributed by atoms with Gasteiger partial charge in [-0.15, -0.1) is 0 Å². The zero-order chi connectivity index (χ0) is 16.9. The predicted molar refractivity (Wildman–Crippen MR) is 92.9 cm³/mol. The minimum atomic E-state index is -1.11. The Bertz CT molecular complexity index is 639. The number of aliphatic hydroxyl groups is 1. The van der Waals surface area contributed by atoms with Crippen LogP contribution in [0.4, 0.5) is 0 Å². The summed E-state index contributed by atoms with van der Waals surface area (Å²) in [5.41, 5.74) is 2.52. The van der Waals surface area contributed by atoms with Crippen LogP contribution in [0.15, 0.2) is 17.1 Å². The highest BCUT2D eigenvalue weighted by Crippen LogP contribution is 2.36. The number of fused-ring (bicyclic) bond motifs is 1. The van der Waals surface area contributed by atoms with Crippen molar-refractivity contribution < 1.29 is 14.6 Å². The van der Waals surface area contributed by atoms with Crippen LogP contribution in [0.25, 0.3) is 0 Å². The average molecular weight is 334 g/mol. The molecule has 1 N–H and O–H groups in total. The van der Waals surface area contributed by atoms with Crippen LogP contribution in [0.2, 0.25) is 0 Å². The third-order valence-corrected chi connectivity index (χ3v) is 4.26. The molecule has 0 fully saturated rings. The highest BCUT2D eigenvalue weighted by atomic mass is 32.1.